The normalized spacial score (nSPS) is 21.6. The summed E-state index contributed by atoms with van der Waals surface area (Å²) in [6, 6.07) is 0. The van der Waals surface area contributed by atoms with E-state index in [4.69, 9.17) is 4.74 Å². The molecule has 1 fully saturated rings. The van der Waals surface area contributed by atoms with Crippen LogP contribution in [0.15, 0.2) is 0 Å². The Morgan fingerprint density at radius 2 is 2.06 bits per heavy atom. The highest BCUT2D eigenvalue weighted by atomic mass is 16.5. The fourth-order valence-electron chi connectivity index (χ4n) is 2.36. The van der Waals surface area contributed by atoms with Crippen LogP contribution >= 0.6 is 0 Å². The molecule has 16 heavy (non-hydrogen) atoms. The maximum atomic E-state index is 9.62. The first-order valence-electron chi connectivity index (χ1n) is 6.16. The summed E-state index contributed by atoms with van der Waals surface area (Å²) in [4.78, 5) is 4.61. The second kappa shape index (κ2) is 7.22. The molecule has 4 nitrogen and oxygen atoms in total. The van der Waals surface area contributed by atoms with Gasteiger partial charge < -0.3 is 19.6 Å². The van der Waals surface area contributed by atoms with Gasteiger partial charge in [0.25, 0.3) is 0 Å². The number of piperidine rings is 1. The van der Waals surface area contributed by atoms with E-state index in [0.29, 0.717) is 13.2 Å². The molecule has 0 aromatic rings. The second-order valence-electron chi connectivity index (χ2n) is 5.08. The van der Waals surface area contributed by atoms with Crippen molar-refractivity contribution in [1.29, 1.82) is 0 Å². The van der Waals surface area contributed by atoms with Crippen molar-refractivity contribution < 1.29 is 9.84 Å². The first kappa shape index (κ1) is 13.9. The van der Waals surface area contributed by atoms with E-state index in [1.807, 2.05) is 0 Å². The maximum Gasteiger partial charge on any atom is 0.0899 e. The molecule has 1 aliphatic heterocycles. The minimum atomic E-state index is -0.360. The van der Waals surface area contributed by atoms with Crippen molar-refractivity contribution in [1.82, 2.24) is 9.80 Å². The topological polar surface area (TPSA) is 35.9 Å². The van der Waals surface area contributed by atoms with Crippen molar-refractivity contribution in [3.05, 3.63) is 0 Å². The van der Waals surface area contributed by atoms with Crippen LogP contribution < -0.4 is 0 Å². The Morgan fingerprint density at radius 1 is 1.44 bits per heavy atom. The van der Waals surface area contributed by atoms with Gasteiger partial charge in [-0.05, 0) is 45.9 Å². The Hall–Kier alpha value is -0.160. The van der Waals surface area contributed by atoms with Gasteiger partial charge in [0.1, 0.15) is 0 Å². The summed E-state index contributed by atoms with van der Waals surface area (Å²) < 4.78 is 4.93. The molecule has 0 aromatic carbocycles. The van der Waals surface area contributed by atoms with Gasteiger partial charge in [0.05, 0.1) is 12.7 Å². The van der Waals surface area contributed by atoms with E-state index in [1.54, 1.807) is 7.11 Å². The van der Waals surface area contributed by atoms with Crippen LogP contribution in [0.4, 0.5) is 0 Å². The van der Waals surface area contributed by atoms with Crippen LogP contribution in [0.2, 0.25) is 0 Å². The highest BCUT2D eigenvalue weighted by molar-refractivity contribution is 4.73. The minimum Gasteiger partial charge on any atom is -0.389 e. The molecule has 1 heterocycles. The summed E-state index contributed by atoms with van der Waals surface area (Å²) >= 11 is 0. The third kappa shape index (κ3) is 5.25. The Kier molecular flexibility index (Phi) is 6.28. The van der Waals surface area contributed by atoms with Crippen molar-refractivity contribution in [2.24, 2.45) is 5.92 Å². The van der Waals surface area contributed by atoms with Crippen LogP contribution in [0.1, 0.15) is 12.8 Å². The number of nitrogens with zero attached hydrogens (tertiary/aromatic N) is 2. The predicted molar refractivity (Wildman–Crippen MR) is 65.6 cm³/mol. The molecule has 4 heteroatoms. The van der Waals surface area contributed by atoms with Gasteiger partial charge in [0.2, 0.25) is 0 Å². The molecule has 96 valence electrons. The molecule has 0 aromatic heterocycles. The third-order valence-electron chi connectivity index (χ3n) is 3.29. The standard InChI is InChI=1S/C12H26N2O2/c1-13-6-4-11(5-7-13)8-14(2)9-12(15)10-16-3/h11-12,15H,4-10H2,1-3H3. The molecule has 0 bridgehead atoms. The van der Waals surface area contributed by atoms with Crippen molar-refractivity contribution in [2.75, 3.05) is 54.0 Å². The van der Waals surface area contributed by atoms with Gasteiger partial charge in [0, 0.05) is 20.2 Å². The largest absolute Gasteiger partial charge is 0.389 e. The SMILES string of the molecule is COCC(O)CN(C)CC1CCN(C)CC1. The van der Waals surface area contributed by atoms with E-state index < -0.39 is 0 Å². The zero-order valence-corrected chi connectivity index (χ0v) is 10.9. The van der Waals surface area contributed by atoms with Gasteiger partial charge in [-0.1, -0.05) is 0 Å². The molecule has 1 rings (SSSR count). The molecule has 0 aliphatic carbocycles. The molecule has 0 amide bonds. The van der Waals surface area contributed by atoms with Crippen LogP contribution in [-0.4, -0.2) is 75.0 Å². The van der Waals surface area contributed by atoms with Crippen LogP contribution in [0.5, 0.6) is 0 Å². The molecule has 0 spiro atoms. The molecule has 0 radical (unpaired) electrons. The number of hydrogen-bond acceptors (Lipinski definition) is 4. The highest BCUT2D eigenvalue weighted by Gasteiger charge is 2.19. The number of aliphatic hydroxyl groups excluding tert-OH is 1. The Labute approximate surface area is 99.2 Å². The Balaban J connectivity index is 2.15. The number of likely N-dealkylation sites (tertiary alicyclic amines) is 1. The molecular formula is C12H26N2O2. The predicted octanol–water partition coefficient (Wildman–Crippen LogP) is 0.267. The lowest BCUT2D eigenvalue weighted by molar-refractivity contribution is 0.0379. The Bertz CT molecular complexity index is 182. The summed E-state index contributed by atoms with van der Waals surface area (Å²) in [5.41, 5.74) is 0. The number of rotatable bonds is 6. The quantitative estimate of drug-likeness (QED) is 0.710. The van der Waals surface area contributed by atoms with Crippen molar-refractivity contribution in [3.8, 4) is 0 Å². The Morgan fingerprint density at radius 3 is 2.62 bits per heavy atom. The lowest BCUT2D eigenvalue weighted by atomic mass is 9.96. The van der Waals surface area contributed by atoms with Gasteiger partial charge in [-0.25, -0.2) is 0 Å². The van der Waals surface area contributed by atoms with E-state index in [-0.39, 0.29) is 6.10 Å². The van der Waals surface area contributed by atoms with E-state index >= 15 is 0 Å². The lowest BCUT2D eigenvalue weighted by Gasteiger charge is -2.32. The maximum absolute atomic E-state index is 9.62. The zero-order chi connectivity index (χ0) is 12.0. The van der Waals surface area contributed by atoms with E-state index in [0.717, 1.165) is 12.5 Å². The fourth-order valence-corrected chi connectivity index (χ4v) is 2.36. The van der Waals surface area contributed by atoms with Crippen LogP contribution in [0, 0.1) is 5.92 Å². The highest BCUT2D eigenvalue weighted by Crippen LogP contribution is 2.16. The van der Waals surface area contributed by atoms with Gasteiger partial charge >= 0.3 is 0 Å². The number of methoxy groups -OCH3 is 1. The summed E-state index contributed by atoms with van der Waals surface area (Å²) in [5, 5.41) is 9.62. The van der Waals surface area contributed by atoms with Gasteiger partial charge in [-0.15, -0.1) is 0 Å². The van der Waals surface area contributed by atoms with E-state index in [9.17, 15) is 5.11 Å². The van der Waals surface area contributed by atoms with Crippen molar-refractivity contribution in [2.45, 2.75) is 18.9 Å². The summed E-state index contributed by atoms with van der Waals surface area (Å²) in [6.07, 6.45) is 2.20. The third-order valence-corrected chi connectivity index (χ3v) is 3.29. The van der Waals surface area contributed by atoms with Crippen LogP contribution in [0.25, 0.3) is 0 Å². The smallest absolute Gasteiger partial charge is 0.0899 e. The van der Waals surface area contributed by atoms with Crippen LogP contribution in [0.3, 0.4) is 0 Å². The summed E-state index contributed by atoms with van der Waals surface area (Å²) in [5.74, 6) is 0.788. The summed E-state index contributed by atoms with van der Waals surface area (Å²) in [6.45, 7) is 4.64. The van der Waals surface area contributed by atoms with Gasteiger partial charge in [-0.3, -0.25) is 0 Å². The molecular weight excluding hydrogens is 204 g/mol. The van der Waals surface area contributed by atoms with Gasteiger partial charge in [0.15, 0.2) is 0 Å². The number of ether oxygens (including phenoxy) is 1. The minimum absolute atomic E-state index is 0.360. The molecule has 0 saturated carbocycles. The lowest BCUT2D eigenvalue weighted by Crippen LogP contribution is -2.39. The monoisotopic (exact) mass is 230 g/mol. The fraction of sp³-hybridized carbons (Fsp3) is 1.00. The second-order valence-corrected chi connectivity index (χ2v) is 5.08. The first-order chi connectivity index (χ1) is 7.61. The van der Waals surface area contributed by atoms with Crippen molar-refractivity contribution in [3.63, 3.8) is 0 Å². The average molecular weight is 230 g/mol. The number of hydrogen-bond donors (Lipinski definition) is 1. The molecule has 1 atom stereocenters. The molecule has 1 N–H and O–H groups in total. The van der Waals surface area contributed by atoms with Crippen molar-refractivity contribution >= 4 is 0 Å². The molecule has 1 aliphatic rings. The number of aliphatic hydroxyl groups is 1. The van der Waals surface area contributed by atoms with E-state index in [2.05, 4.69) is 23.9 Å². The summed E-state index contributed by atoms with van der Waals surface area (Å²) in [7, 11) is 5.89. The average Bonchev–Trinajstić information content (AvgIpc) is 2.21. The zero-order valence-electron chi connectivity index (χ0n) is 10.9. The van der Waals surface area contributed by atoms with Gasteiger partial charge in [-0.2, -0.15) is 0 Å². The van der Waals surface area contributed by atoms with E-state index in [1.165, 1.54) is 25.9 Å². The number of likely N-dealkylation sites (N-methyl/N-ethyl adjacent to an activating group) is 1. The van der Waals surface area contributed by atoms with Crippen LogP contribution in [-0.2, 0) is 4.74 Å². The first-order valence-corrected chi connectivity index (χ1v) is 6.16. The molecule has 1 unspecified atom stereocenters. The molecule has 1 saturated heterocycles.